The lowest BCUT2D eigenvalue weighted by Gasteiger charge is -2.60. The monoisotopic (exact) mass is 327 g/mol. The maximum atomic E-state index is 12.4. The summed E-state index contributed by atoms with van der Waals surface area (Å²) in [6.07, 6.45) is 6.13. The van der Waals surface area contributed by atoms with Crippen LogP contribution in [0.1, 0.15) is 50.7 Å². The zero-order chi connectivity index (χ0) is 16.9. The Morgan fingerprint density at radius 3 is 2.50 bits per heavy atom. The molecule has 1 saturated heterocycles. The number of hydrogen-bond acceptors (Lipinski definition) is 2. The van der Waals surface area contributed by atoms with Gasteiger partial charge < -0.3 is 10.0 Å². The van der Waals surface area contributed by atoms with Crippen LogP contribution in [0, 0.1) is 17.3 Å². The Hall–Kier alpha value is -1.35. The molecule has 0 atom stereocenters. The van der Waals surface area contributed by atoms with Crippen LogP contribution < -0.4 is 0 Å². The van der Waals surface area contributed by atoms with Crippen molar-refractivity contribution in [1.82, 2.24) is 4.90 Å². The molecule has 0 bridgehead atoms. The van der Waals surface area contributed by atoms with E-state index in [1.165, 1.54) is 30.4 Å². The van der Waals surface area contributed by atoms with Crippen molar-refractivity contribution in [3.05, 3.63) is 35.4 Å². The standard InChI is InChI=1S/C21H29NO2/c1-3-15-5-4-6-16(7-15)8-17-9-21(10-17)13-22(14-21)19(23)18-11-20(2,24)12-18/h4-7,17-18,24H,3,8-14H2,1-2H3/t18-,20+. The van der Waals surface area contributed by atoms with Crippen molar-refractivity contribution in [3.8, 4) is 0 Å². The molecule has 0 aromatic heterocycles. The second kappa shape index (κ2) is 5.59. The van der Waals surface area contributed by atoms with E-state index in [2.05, 4.69) is 31.2 Å². The molecule has 3 heteroatoms. The van der Waals surface area contributed by atoms with Gasteiger partial charge in [-0.2, -0.15) is 0 Å². The van der Waals surface area contributed by atoms with Crippen molar-refractivity contribution in [2.24, 2.45) is 17.3 Å². The first-order valence-electron chi connectivity index (χ1n) is 9.47. The fourth-order valence-corrected chi connectivity index (χ4v) is 5.23. The van der Waals surface area contributed by atoms with Crippen LogP contribution in [0.3, 0.4) is 0 Å². The molecule has 1 spiro atoms. The minimum atomic E-state index is -0.600. The molecule has 4 rings (SSSR count). The van der Waals surface area contributed by atoms with Gasteiger partial charge in [-0.1, -0.05) is 31.2 Å². The number of aliphatic hydroxyl groups is 1. The van der Waals surface area contributed by atoms with E-state index in [0.717, 1.165) is 25.4 Å². The number of hydrogen-bond donors (Lipinski definition) is 1. The molecular weight excluding hydrogens is 298 g/mol. The highest BCUT2D eigenvalue weighted by Crippen LogP contribution is 2.53. The highest BCUT2D eigenvalue weighted by atomic mass is 16.3. The van der Waals surface area contributed by atoms with Gasteiger partial charge in [0, 0.05) is 24.4 Å². The second-order valence-electron chi connectivity index (χ2n) is 8.95. The number of likely N-dealkylation sites (tertiary alicyclic amines) is 1. The van der Waals surface area contributed by atoms with Gasteiger partial charge in [0.05, 0.1) is 5.60 Å². The maximum absolute atomic E-state index is 12.4. The summed E-state index contributed by atoms with van der Waals surface area (Å²) in [6, 6.07) is 8.99. The first kappa shape index (κ1) is 16.1. The van der Waals surface area contributed by atoms with Gasteiger partial charge in [-0.3, -0.25) is 4.79 Å². The normalized spacial score (nSPS) is 31.3. The average molecular weight is 327 g/mol. The summed E-state index contributed by atoms with van der Waals surface area (Å²) in [7, 11) is 0. The zero-order valence-electron chi connectivity index (χ0n) is 14.9. The van der Waals surface area contributed by atoms with E-state index in [4.69, 9.17) is 0 Å². The molecular formula is C21H29NO2. The van der Waals surface area contributed by atoms with Crippen LogP contribution in [-0.4, -0.2) is 34.6 Å². The first-order valence-corrected chi connectivity index (χ1v) is 9.47. The van der Waals surface area contributed by atoms with Crippen LogP contribution in [0.25, 0.3) is 0 Å². The van der Waals surface area contributed by atoms with Gasteiger partial charge in [0.25, 0.3) is 0 Å². The Bertz CT molecular complexity index is 629. The molecule has 1 aliphatic heterocycles. The van der Waals surface area contributed by atoms with Gasteiger partial charge in [0.1, 0.15) is 0 Å². The lowest BCUT2D eigenvalue weighted by atomic mass is 9.56. The molecule has 0 radical (unpaired) electrons. The summed E-state index contributed by atoms with van der Waals surface area (Å²) in [5, 5.41) is 9.81. The molecule has 3 nitrogen and oxygen atoms in total. The number of nitrogens with zero attached hydrogens (tertiary/aromatic N) is 1. The van der Waals surface area contributed by atoms with E-state index < -0.39 is 5.60 Å². The van der Waals surface area contributed by atoms with Crippen molar-refractivity contribution in [2.75, 3.05) is 13.1 Å². The predicted octanol–water partition coefficient (Wildman–Crippen LogP) is 3.19. The summed E-state index contributed by atoms with van der Waals surface area (Å²) in [4.78, 5) is 14.4. The van der Waals surface area contributed by atoms with Crippen molar-refractivity contribution in [3.63, 3.8) is 0 Å². The van der Waals surface area contributed by atoms with Crippen molar-refractivity contribution in [1.29, 1.82) is 0 Å². The van der Waals surface area contributed by atoms with E-state index in [-0.39, 0.29) is 11.8 Å². The van der Waals surface area contributed by atoms with Crippen LogP contribution in [0.2, 0.25) is 0 Å². The SMILES string of the molecule is CCc1cccc(CC2CC3(C2)CN(C(=O)[C@H]2C[C@@](C)(O)C2)C3)c1. The third-order valence-corrected chi connectivity index (χ3v) is 6.45. The lowest BCUT2D eigenvalue weighted by Crippen LogP contribution is -2.66. The Balaban J connectivity index is 1.23. The number of carbonyl (C=O) groups excluding carboxylic acids is 1. The minimum Gasteiger partial charge on any atom is -0.390 e. The van der Waals surface area contributed by atoms with Crippen LogP contribution in [0.5, 0.6) is 0 Å². The minimum absolute atomic E-state index is 0.0741. The van der Waals surface area contributed by atoms with E-state index in [1.54, 1.807) is 0 Å². The Morgan fingerprint density at radius 1 is 1.21 bits per heavy atom. The Morgan fingerprint density at radius 2 is 1.88 bits per heavy atom. The molecule has 2 aliphatic carbocycles. The van der Waals surface area contributed by atoms with E-state index in [0.29, 0.717) is 18.3 Å². The lowest BCUT2D eigenvalue weighted by molar-refractivity contribution is -0.171. The number of amides is 1. The summed E-state index contributed by atoms with van der Waals surface area (Å²) >= 11 is 0. The number of benzene rings is 1. The Labute approximate surface area is 145 Å². The number of aryl methyl sites for hydroxylation is 1. The smallest absolute Gasteiger partial charge is 0.225 e. The number of rotatable bonds is 4. The molecule has 1 aromatic carbocycles. The van der Waals surface area contributed by atoms with Crippen molar-refractivity contribution >= 4 is 5.91 Å². The van der Waals surface area contributed by atoms with E-state index >= 15 is 0 Å². The van der Waals surface area contributed by atoms with Gasteiger partial charge in [0.2, 0.25) is 5.91 Å². The third kappa shape index (κ3) is 2.88. The summed E-state index contributed by atoms with van der Waals surface area (Å²) < 4.78 is 0. The second-order valence-corrected chi connectivity index (χ2v) is 8.95. The van der Waals surface area contributed by atoms with Gasteiger partial charge >= 0.3 is 0 Å². The topological polar surface area (TPSA) is 40.5 Å². The average Bonchev–Trinajstić information content (AvgIpc) is 2.45. The molecule has 2 saturated carbocycles. The first-order chi connectivity index (χ1) is 11.4. The van der Waals surface area contributed by atoms with E-state index in [1.807, 2.05) is 11.8 Å². The highest BCUT2D eigenvalue weighted by molar-refractivity contribution is 5.81. The summed E-state index contributed by atoms with van der Waals surface area (Å²) in [5.41, 5.74) is 2.73. The fraction of sp³-hybridized carbons (Fsp3) is 0.667. The van der Waals surface area contributed by atoms with Gasteiger partial charge in [-0.15, -0.1) is 0 Å². The largest absolute Gasteiger partial charge is 0.390 e. The molecule has 0 unspecified atom stereocenters. The third-order valence-electron chi connectivity index (χ3n) is 6.45. The predicted molar refractivity (Wildman–Crippen MR) is 94.6 cm³/mol. The van der Waals surface area contributed by atoms with Crippen molar-refractivity contribution < 1.29 is 9.90 Å². The fourth-order valence-electron chi connectivity index (χ4n) is 5.23. The maximum Gasteiger partial charge on any atom is 0.225 e. The Kier molecular flexibility index (Phi) is 3.76. The molecule has 24 heavy (non-hydrogen) atoms. The molecule has 1 amide bonds. The number of carbonyl (C=O) groups is 1. The van der Waals surface area contributed by atoms with Gasteiger partial charge in [-0.05, 0) is 62.5 Å². The summed E-state index contributed by atoms with van der Waals surface area (Å²) in [5.74, 6) is 1.15. The van der Waals surface area contributed by atoms with Crippen LogP contribution in [0.4, 0.5) is 0 Å². The molecule has 1 aromatic rings. The van der Waals surface area contributed by atoms with E-state index in [9.17, 15) is 9.90 Å². The molecule has 3 fully saturated rings. The molecule has 3 aliphatic rings. The molecule has 1 heterocycles. The van der Waals surface area contributed by atoms with Crippen LogP contribution in [0.15, 0.2) is 24.3 Å². The molecule has 130 valence electrons. The zero-order valence-corrected chi connectivity index (χ0v) is 14.9. The van der Waals surface area contributed by atoms with Crippen molar-refractivity contribution in [2.45, 2.75) is 58.0 Å². The molecule has 1 N–H and O–H groups in total. The van der Waals surface area contributed by atoms with Gasteiger partial charge in [-0.25, -0.2) is 0 Å². The quantitative estimate of drug-likeness (QED) is 0.922. The van der Waals surface area contributed by atoms with Crippen LogP contribution in [-0.2, 0) is 17.6 Å². The van der Waals surface area contributed by atoms with Gasteiger partial charge in [0.15, 0.2) is 0 Å². The highest BCUT2D eigenvalue weighted by Gasteiger charge is 2.55. The van der Waals surface area contributed by atoms with Crippen LogP contribution >= 0.6 is 0 Å². The summed E-state index contributed by atoms with van der Waals surface area (Å²) in [6.45, 7) is 5.95.